The van der Waals surface area contributed by atoms with Crippen LogP contribution in [0.5, 0.6) is 0 Å². The third-order valence-electron chi connectivity index (χ3n) is 4.14. The van der Waals surface area contributed by atoms with Gasteiger partial charge in [0.05, 0.1) is 25.0 Å². The Morgan fingerprint density at radius 2 is 1.96 bits per heavy atom. The van der Waals surface area contributed by atoms with Gasteiger partial charge in [-0.25, -0.2) is 15.0 Å². The second-order valence-electron chi connectivity index (χ2n) is 5.92. The number of fused-ring (bicyclic) bond motifs is 1. The van der Waals surface area contributed by atoms with Gasteiger partial charge in [-0.1, -0.05) is 12.1 Å². The summed E-state index contributed by atoms with van der Waals surface area (Å²) in [5, 5.41) is 9.71. The second-order valence-corrected chi connectivity index (χ2v) is 5.92. The van der Waals surface area contributed by atoms with Crippen molar-refractivity contribution in [1.29, 1.82) is 5.26 Å². The third kappa shape index (κ3) is 3.04. The summed E-state index contributed by atoms with van der Waals surface area (Å²) in [5.41, 5.74) is 2.81. The van der Waals surface area contributed by atoms with Crippen LogP contribution in [0.1, 0.15) is 23.2 Å². The minimum Gasteiger partial charge on any atom is -0.439 e. The summed E-state index contributed by atoms with van der Waals surface area (Å²) in [6.07, 6.45) is 0. The van der Waals surface area contributed by atoms with Gasteiger partial charge in [-0.3, -0.25) is 0 Å². The minimum atomic E-state index is -0.672. The predicted molar refractivity (Wildman–Crippen MR) is 91.3 cm³/mol. The van der Waals surface area contributed by atoms with Gasteiger partial charge in [-0.05, 0) is 25.1 Å². The molecule has 1 fully saturated rings. The number of aryl methyl sites for hydroxylation is 1. The van der Waals surface area contributed by atoms with E-state index in [2.05, 4.69) is 25.9 Å². The Morgan fingerprint density at radius 1 is 1.16 bits per heavy atom. The van der Waals surface area contributed by atoms with Crippen molar-refractivity contribution in [3.05, 3.63) is 47.6 Å². The van der Waals surface area contributed by atoms with Gasteiger partial charge < -0.3 is 14.1 Å². The van der Waals surface area contributed by atoms with Crippen molar-refractivity contribution < 1.29 is 9.15 Å². The number of hydrogen-bond acceptors (Lipinski definition) is 7. The van der Waals surface area contributed by atoms with E-state index in [0.29, 0.717) is 36.3 Å². The van der Waals surface area contributed by atoms with Gasteiger partial charge in [0, 0.05) is 18.8 Å². The maximum Gasteiger partial charge on any atom is 0.225 e. The zero-order valence-corrected chi connectivity index (χ0v) is 13.8. The van der Waals surface area contributed by atoms with E-state index in [9.17, 15) is 5.26 Å². The fraction of sp³-hybridized carbons (Fsp3) is 0.333. The van der Waals surface area contributed by atoms with Crippen LogP contribution >= 0.6 is 0 Å². The van der Waals surface area contributed by atoms with Crippen molar-refractivity contribution in [3.8, 4) is 6.07 Å². The highest BCUT2D eigenvalue weighted by molar-refractivity contribution is 5.72. The largest absolute Gasteiger partial charge is 0.439 e. The standard InChI is InChI=1S/C18H17N5O2/c1-12-10-15(22-18(20-12)23-6-8-24-9-7-23)13(11-19)17-21-14-4-2-3-5-16(14)25-17/h2-5,10,13H,6-9H2,1H3/t13-/m1/s1. The monoisotopic (exact) mass is 335 g/mol. The van der Waals surface area contributed by atoms with Crippen LogP contribution in [-0.2, 0) is 4.74 Å². The lowest BCUT2D eigenvalue weighted by Crippen LogP contribution is -2.37. The lowest BCUT2D eigenvalue weighted by atomic mass is 10.1. The van der Waals surface area contributed by atoms with Crippen molar-refractivity contribution >= 4 is 17.0 Å². The van der Waals surface area contributed by atoms with Gasteiger partial charge in [0.15, 0.2) is 11.5 Å². The van der Waals surface area contributed by atoms with Crippen molar-refractivity contribution in [1.82, 2.24) is 15.0 Å². The topological polar surface area (TPSA) is 88.1 Å². The molecule has 3 aromatic rings. The first-order valence-corrected chi connectivity index (χ1v) is 8.18. The first-order valence-electron chi connectivity index (χ1n) is 8.18. The molecule has 126 valence electrons. The molecule has 0 radical (unpaired) electrons. The number of aromatic nitrogens is 3. The van der Waals surface area contributed by atoms with Gasteiger partial charge >= 0.3 is 0 Å². The molecule has 7 heteroatoms. The number of ether oxygens (including phenoxy) is 1. The molecule has 0 unspecified atom stereocenters. The third-order valence-corrected chi connectivity index (χ3v) is 4.14. The molecular weight excluding hydrogens is 318 g/mol. The molecule has 1 aliphatic heterocycles. The number of nitriles is 1. The summed E-state index contributed by atoms with van der Waals surface area (Å²) >= 11 is 0. The van der Waals surface area contributed by atoms with E-state index in [-0.39, 0.29) is 0 Å². The van der Waals surface area contributed by atoms with Crippen molar-refractivity contribution in [2.75, 3.05) is 31.2 Å². The van der Waals surface area contributed by atoms with Crippen molar-refractivity contribution in [3.63, 3.8) is 0 Å². The average molecular weight is 335 g/mol. The number of para-hydroxylation sites is 2. The van der Waals surface area contributed by atoms with Gasteiger partial charge in [0.2, 0.25) is 11.8 Å². The van der Waals surface area contributed by atoms with Crippen LogP contribution in [-0.4, -0.2) is 41.3 Å². The quantitative estimate of drug-likeness (QED) is 0.726. The SMILES string of the molecule is Cc1cc([C@@H](C#N)c2nc3ccccc3o2)nc(N2CCOCC2)n1. The molecule has 3 heterocycles. The Morgan fingerprint density at radius 3 is 2.72 bits per heavy atom. The molecule has 1 atom stereocenters. The molecule has 0 N–H and O–H groups in total. The molecule has 25 heavy (non-hydrogen) atoms. The highest BCUT2D eigenvalue weighted by atomic mass is 16.5. The van der Waals surface area contributed by atoms with E-state index in [1.54, 1.807) is 0 Å². The smallest absolute Gasteiger partial charge is 0.225 e. The van der Waals surface area contributed by atoms with Gasteiger partial charge in [0.1, 0.15) is 5.52 Å². The second kappa shape index (κ2) is 6.49. The van der Waals surface area contributed by atoms with E-state index in [1.165, 1.54) is 0 Å². The number of anilines is 1. The maximum atomic E-state index is 9.71. The Bertz CT molecular complexity index is 907. The van der Waals surface area contributed by atoms with Crippen LogP contribution < -0.4 is 4.90 Å². The molecule has 1 saturated heterocycles. The van der Waals surface area contributed by atoms with Crippen LogP contribution in [0.3, 0.4) is 0 Å². The molecule has 1 aromatic carbocycles. The summed E-state index contributed by atoms with van der Waals surface area (Å²) in [6.45, 7) is 4.68. The number of morpholine rings is 1. The average Bonchev–Trinajstić information content (AvgIpc) is 3.06. The predicted octanol–water partition coefficient (Wildman–Crippen LogP) is 2.42. The van der Waals surface area contributed by atoms with Gasteiger partial charge in [0.25, 0.3) is 0 Å². The van der Waals surface area contributed by atoms with E-state index >= 15 is 0 Å². The summed E-state index contributed by atoms with van der Waals surface area (Å²) in [7, 11) is 0. The molecule has 0 amide bonds. The van der Waals surface area contributed by atoms with Crippen LogP contribution in [0, 0.1) is 18.3 Å². The highest BCUT2D eigenvalue weighted by Gasteiger charge is 2.24. The summed E-state index contributed by atoms with van der Waals surface area (Å²) < 4.78 is 11.2. The van der Waals surface area contributed by atoms with E-state index in [4.69, 9.17) is 9.15 Å². The molecule has 4 rings (SSSR count). The van der Waals surface area contributed by atoms with Crippen molar-refractivity contribution in [2.45, 2.75) is 12.8 Å². The lowest BCUT2D eigenvalue weighted by molar-refractivity contribution is 0.122. The number of rotatable bonds is 3. The highest BCUT2D eigenvalue weighted by Crippen LogP contribution is 2.27. The van der Waals surface area contributed by atoms with Crippen LogP contribution in [0.4, 0.5) is 5.95 Å². The van der Waals surface area contributed by atoms with Crippen LogP contribution in [0.15, 0.2) is 34.7 Å². The van der Waals surface area contributed by atoms with E-state index < -0.39 is 5.92 Å². The zero-order chi connectivity index (χ0) is 17.2. The number of benzene rings is 1. The Hall–Kier alpha value is -2.98. The first-order chi connectivity index (χ1) is 12.2. The lowest BCUT2D eigenvalue weighted by Gasteiger charge is -2.27. The van der Waals surface area contributed by atoms with E-state index in [1.807, 2.05) is 37.3 Å². The normalized spacial score (nSPS) is 15.9. The fourth-order valence-electron chi connectivity index (χ4n) is 2.89. The Balaban J connectivity index is 1.73. The summed E-state index contributed by atoms with van der Waals surface area (Å²) in [4.78, 5) is 15.6. The first kappa shape index (κ1) is 15.5. The van der Waals surface area contributed by atoms with Crippen LogP contribution in [0.2, 0.25) is 0 Å². The Kier molecular flexibility index (Phi) is 4.04. The number of nitrogens with zero attached hydrogens (tertiary/aromatic N) is 5. The maximum absolute atomic E-state index is 9.71. The molecule has 0 saturated carbocycles. The van der Waals surface area contributed by atoms with E-state index in [0.717, 1.165) is 24.3 Å². The number of hydrogen-bond donors (Lipinski definition) is 0. The van der Waals surface area contributed by atoms with Gasteiger partial charge in [-0.2, -0.15) is 5.26 Å². The van der Waals surface area contributed by atoms with Crippen LogP contribution in [0.25, 0.3) is 11.1 Å². The molecule has 1 aliphatic rings. The Labute approximate surface area is 144 Å². The molecule has 7 nitrogen and oxygen atoms in total. The molecule has 0 bridgehead atoms. The number of oxazole rings is 1. The zero-order valence-electron chi connectivity index (χ0n) is 13.8. The molecular formula is C18H17N5O2. The van der Waals surface area contributed by atoms with Gasteiger partial charge in [-0.15, -0.1) is 0 Å². The molecule has 2 aromatic heterocycles. The van der Waals surface area contributed by atoms with Crippen molar-refractivity contribution in [2.24, 2.45) is 0 Å². The minimum absolute atomic E-state index is 0.356. The molecule has 0 spiro atoms. The summed E-state index contributed by atoms with van der Waals surface area (Å²) in [5.74, 6) is 0.304. The fourth-order valence-corrected chi connectivity index (χ4v) is 2.89. The molecule has 0 aliphatic carbocycles. The summed E-state index contributed by atoms with van der Waals surface area (Å²) in [6, 6.07) is 11.5.